The molecule has 0 bridgehead atoms. The molecule has 0 saturated carbocycles. The van der Waals surface area contributed by atoms with Crippen LogP contribution in [-0.2, 0) is 0 Å². The Morgan fingerprint density at radius 2 is 1.42 bits per heavy atom. The van der Waals surface area contributed by atoms with Gasteiger partial charge in [0.25, 0.3) is 0 Å². The van der Waals surface area contributed by atoms with Gasteiger partial charge in [0.15, 0.2) is 0 Å². The van der Waals surface area contributed by atoms with E-state index < -0.39 is 5.97 Å². The number of rotatable bonds is 1. The van der Waals surface area contributed by atoms with Gasteiger partial charge in [0, 0.05) is 0 Å². The molecule has 0 unspecified atom stereocenters. The smallest absolute Gasteiger partial charge is 0.380 e. The summed E-state index contributed by atoms with van der Waals surface area (Å²) in [6.45, 7) is 14.1. The third kappa shape index (κ3) is 9.79. The van der Waals surface area contributed by atoms with E-state index >= 15 is 0 Å². The number of phenols is 1. The molecule has 0 spiro atoms. The van der Waals surface area contributed by atoms with Crippen LogP contribution in [0.4, 0.5) is 0 Å². The van der Waals surface area contributed by atoms with Crippen LogP contribution in [0.1, 0.15) is 51.9 Å². The fraction of sp³-hybridized carbons (Fsp3) is 0.533. The van der Waals surface area contributed by atoms with E-state index in [1.165, 1.54) is 12.1 Å². The molecule has 0 aromatic heterocycles. The van der Waals surface area contributed by atoms with Gasteiger partial charge in [0.1, 0.15) is 11.3 Å². The number of aromatic hydroxyl groups is 1. The lowest BCUT2D eigenvalue weighted by atomic mass is 10.2. The van der Waals surface area contributed by atoms with E-state index in [0.717, 1.165) is 0 Å². The van der Waals surface area contributed by atoms with Crippen LogP contribution in [0.3, 0.4) is 0 Å². The molecule has 0 radical (unpaired) electrons. The van der Waals surface area contributed by atoms with Gasteiger partial charge in [-0.3, -0.25) is 0 Å². The summed E-state index contributed by atoms with van der Waals surface area (Å²) in [7, 11) is 0. The Hall–Kier alpha value is -0.744. The maximum Gasteiger partial charge on any atom is 0.380 e. The molecule has 1 aromatic carbocycles. The normalized spacial score (nSPS) is 11.1. The van der Waals surface area contributed by atoms with Crippen molar-refractivity contribution in [3.05, 3.63) is 29.8 Å². The lowest BCUT2D eigenvalue weighted by Crippen LogP contribution is -2.18. The molecule has 0 heterocycles. The van der Waals surface area contributed by atoms with Crippen LogP contribution in [0.5, 0.6) is 5.75 Å². The minimum absolute atomic E-state index is 0.0671. The van der Waals surface area contributed by atoms with Crippen molar-refractivity contribution in [3.63, 3.8) is 0 Å². The minimum Gasteiger partial charge on any atom is -0.507 e. The third-order valence-electron chi connectivity index (χ3n) is 2.20. The molecule has 1 rings (SSSR count). The van der Waals surface area contributed by atoms with E-state index in [0.29, 0.717) is 7.09 Å². The van der Waals surface area contributed by atoms with Crippen molar-refractivity contribution in [2.45, 2.75) is 48.6 Å². The molecule has 0 aliphatic carbocycles. The number of hydrogen-bond donors (Lipinski definition) is 2. The first kappa shape index (κ1) is 18.3. The Bertz CT molecular complexity index is 402. The average molecular weight is 277 g/mol. The van der Waals surface area contributed by atoms with Gasteiger partial charge >= 0.3 is 26.3 Å². The Balaban J connectivity index is 0.000000344. The molecule has 0 fully saturated rings. The molecule has 3 nitrogen and oxygen atoms in total. The second-order valence-corrected chi connectivity index (χ2v) is 11.7. The van der Waals surface area contributed by atoms with Gasteiger partial charge in [-0.25, -0.2) is 4.79 Å². The number of para-hydroxylation sites is 1. The first-order valence-electron chi connectivity index (χ1n) is 6.44. The maximum atomic E-state index is 10.3. The quantitative estimate of drug-likeness (QED) is 0.755. The summed E-state index contributed by atoms with van der Waals surface area (Å²) in [6.07, 6.45) is 0. The van der Waals surface area contributed by atoms with E-state index in [9.17, 15) is 4.79 Å². The van der Waals surface area contributed by atoms with E-state index in [1.54, 1.807) is 12.1 Å². The number of benzene rings is 1. The lowest BCUT2D eigenvalue weighted by Gasteiger charge is -2.26. The number of hydrogen-bond acceptors (Lipinski definition) is 2. The van der Waals surface area contributed by atoms with Crippen LogP contribution >= 0.6 is 0 Å². The molecule has 104 valence electrons. The summed E-state index contributed by atoms with van der Waals surface area (Å²) in [5, 5.41) is 17.3. The molecule has 0 aliphatic rings. The van der Waals surface area contributed by atoms with Gasteiger partial charge in [0.05, 0.1) is 0 Å². The van der Waals surface area contributed by atoms with Crippen molar-refractivity contribution < 1.29 is 15.0 Å². The van der Waals surface area contributed by atoms with E-state index in [4.69, 9.17) is 10.2 Å². The summed E-state index contributed by atoms with van der Waals surface area (Å²) in [6, 6.07) is 5.81. The molecule has 19 heavy (non-hydrogen) atoms. The molecular weight excluding hydrogens is 252 g/mol. The standard InChI is InChI=1S/C7H6O3.2C4H9.Mg/c8-6-4-2-1-3-5(6)7(9)10;2*1-4(2)3;/h1-4,8H,(H,9,10);2*1-3H3;. The van der Waals surface area contributed by atoms with Crippen LogP contribution in [-0.4, -0.2) is 36.5 Å². The summed E-state index contributed by atoms with van der Waals surface area (Å²) in [4.78, 5) is 10.3. The molecule has 2 N–H and O–H groups in total. The number of aromatic carboxylic acids is 1. The monoisotopic (exact) mass is 276 g/mol. The highest BCUT2D eigenvalue weighted by molar-refractivity contribution is 6.43. The van der Waals surface area contributed by atoms with Crippen molar-refractivity contribution >= 4 is 26.3 Å². The average Bonchev–Trinajstić information content (AvgIpc) is 2.12. The first-order chi connectivity index (χ1) is 8.42. The first-order valence-corrected chi connectivity index (χ1v) is 7.85. The number of carboxylic acids is 1. The number of carbonyl (C=O) groups is 1. The van der Waals surface area contributed by atoms with E-state index in [-0.39, 0.29) is 31.7 Å². The van der Waals surface area contributed by atoms with Crippen molar-refractivity contribution in [1.82, 2.24) is 0 Å². The zero-order valence-electron chi connectivity index (χ0n) is 12.8. The van der Waals surface area contributed by atoms with Crippen LogP contribution in [0.2, 0.25) is 7.09 Å². The molecule has 0 saturated heterocycles. The summed E-state index contributed by atoms with van der Waals surface area (Å²) in [5.41, 5.74) is -0.0671. The zero-order chi connectivity index (χ0) is 15.3. The second kappa shape index (κ2) is 7.15. The van der Waals surface area contributed by atoms with Gasteiger partial charge < -0.3 is 10.2 Å². The SMILES string of the molecule is C[C](C)(C)[Mg][C](C)(C)C.O=C(O)c1ccccc1O. The van der Waals surface area contributed by atoms with Crippen LogP contribution in [0.15, 0.2) is 24.3 Å². The van der Waals surface area contributed by atoms with Gasteiger partial charge in [-0.15, -0.1) is 7.09 Å². The summed E-state index contributed by atoms with van der Waals surface area (Å²) >= 11 is 0.0880. The van der Waals surface area contributed by atoms with Crippen molar-refractivity contribution in [3.8, 4) is 5.75 Å². The fourth-order valence-electron chi connectivity index (χ4n) is 2.25. The van der Waals surface area contributed by atoms with Gasteiger partial charge in [-0.2, -0.15) is 0 Å². The second-order valence-electron chi connectivity index (χ2n) is 7.12. The molecule has 4 heteroatoms. The van der Waals surface area contributed by atoms with Crippen molar-refractivity contribution in [1.29, 1.82) is 0 Å². The predicted molar refractivity (Wildman–Crippen MR) is 80.3 cm³/mol. The highest BCUT2D eigenvalue weighted by atomic mass is 24.5. The summed E-state index contributed by atoms with van der Waals surface area (Å²) in [5.74, 6) is -1.31. The predicted octanol–water partition coefficient (Wildman–Crippen LogP) is 4.22. The molecule has 0 amide bonds. The highest BCUT2D eigenvalue weighted by Gasteiger charge is 2.24. The van der Waals surface area contributed by atoms with Crippen LogP contribution in [0, 0.1) is 0 Å². The molecule has 0 atom stereocenters. The van der Waals surface area contributed by atoms with Crippen LogP contribution < -0.4 is 0 Å². The fourth-order valence-corrected chi connectivity index (χ4v) is 5.43. The van der Waals surface area contributed by atoms with Gasteiger partial charge in [-0.05, 0) is 12.1 Å². The topological polar surface area (TPSA) is 57.5 Å². The van der Waals surface area contributed by atoms with E-state index in [1.807, 2.05) is 0 Å². The Morgan fingerprint density at radius 3 is 1.63 bits per heavy atom. The summed E-state index contributed by atoms with van der Waals surface area (Å²) < 4.78 is 1.25. The lowest BCUT2D eigenvalue weighted by molar-refractivity contribution is 0.0693. The Labute approximate surface area is 125 Å². The van der Waals surface area contributed by atoms with Gasteiger partial charge in [-0.1, -0.05) is 53.7 Å². The Morgan fingerprint density at radius 1 is 1.00 bits per heavy atom. The number of carboxylic acid groups (broad SMARTS) is 1. The maximum absolute atomic E-state index is 10.3. The molecule has 1 aromatic rings. The molecular formula is C15H24MgO3. The zero-order valence-corrected chi connectivity index (χ0v) is 14.2. The minimum atomic E-state index is -1.11. The Kier molecular flexibility index (Phi) is 6.87. The van der Waals surface area contributed by atoms with Crippen molar-refractivity contribution in [2.24, 2.45) is 0 Å². The molecule has 0 aliphatic heterocycles. The van der Waals surface area contributed by atoms with E-state index in [2.05, 4.69) is 41.5 Å². The van der Waals surface area contributed by atoms with Gasteiger partial charge in [0.2, 0.25) is 0 Å². The highest BCUT2D eigenvalue weighted by Crippen LogP contribution is 2.33. The van der Waals surface area contributed by atoms with Crippen molar-refractivity contribution in [2.75, 3.05) is 0 Å². The third-order valence-corrected chi connectivity index (χ3v) is 4.32. The van der Waals surface area contributed by atoms with Crippen LogP contribution in [0.25, 0.3) is 0 Å². The largest absolute Gasteiger partial charge is 0.507 e.